The van der Waals surface area contributed by atoms with Crippen LogP contribution in [0, 0.1) is 5.92 Å². The molecule has 1 aliphatic heterocycles. The summed E-state index contributed by atoms with van der Waals surface area (Å²) in [6.45, 7) is 0. The van der Waals surface area contributed by atoms with Gasteiger partial charge in [-0.1, -0.05) is 68.3 Å². The molecular formula is C18H18Br2S. The van der Waals surface area contributed by atoms with Gasteiger partial charge in [-0.05, 0) is 48.4 Å². The van der Waals surface area contributed by atoms with E-state index in [1.807, 2.05) is 0 Å². The van der Waals surface area contributed by atoms with E-state index in [1.165, 1.54) is 33.3 Å². The molecule has 0 radical (unpaired) electrons. The zero-order valence-electron chi connectivity index (χ0n) is 11.8. The molecule has 3 rings (SSSR count). The van der Waals surface area contributed by atoms with Crippen LogP contribution < -0.4 is 0 Å². The Morgan fingerprint density at radius 2 is 1.86 bits per heavy atom. The Kier molecular flexibility index (Phi) is 5.47. The van der Waals surface area contributed by atoms with Crippen molar-refractivity contribution in [3.8, 4) is 0 Å². The lowest BCUT2D eigenvalue weighted by Gasteiger charge is -2.18. The van der Waals surface area contributed by atoms with Crippen LogP contribution in [0.5, 0.6) is 0 Å². The molecule has 0 bridgehead atoms. The molecule has 0 saturated carbocycles. The van der Waals surface area contributed by atoms with E-state index in [2.05, 4.69) is 92.2 Å². The van der Waals surface area contributed by atoms with Crippen LogP contribution in [-0.4, -0.2) is 10.6 Å². The molecule has 0 fully saturated rings. The molecule has 0 saturated heterocycles. The first-order valence-corrected chi connectivity index (χ1v) is 10.1. The van der Waals surface area contributed by atoms with E-state index in [9.17, 15) is 0 Å². The largest absolute Gasteiger partial charge is 0.122 e. The van der Waals surface area contributed by atoms with E-state index in [0.717, 1.165) is 17.0 Å². The average molecular weight is 426 g/mol. The third kappa shape index (κ3) is 3.94. The van der Waals surface area contributed by atoms with Crippen LogP contribution in [0.25, 0.3) is 0 Å². The maximum absolute atomic E-state index is 3.72. The predicted octanol–water partition coefficient (Wildman–Crippen LogP) is 6.11. The zero-order chi connectivity index (χ0) is 14.7. The van der Waals surface area contributed by atoms with E-state index in [1.54, 1.807) is 0 Å². The van der Waals surface area contributed by atoms with Gasteiger partial charge in [0.1, 0.15) is 0 Å². The summed E-state index contributed by atoms with van der Waals surface area (Å²) >= 11 is 9.45. The van der Waals surface area contributed by atoms with E-state index in [4.69, 9.17) is 0 Å². The summed E-state index contributed by atoms with van der Waals surface area (Å²) in [5, 5.41) is 1.80. The lowest BCUT2D eigenvalue weighted by atomic mass is 9.94. The van der Waals surface area contributed by atoms with Crippen LogP contribution in [0.2, 0.25) is 0 Å². The fourth-order valence-electron chi connectivity index (χ4n) is 2.93. The van der Waals surface area contributed by atoms with E-state index >= 15 is 0 Å². The normalized spacial score (nSPS) is 18.5. The zero-order valence-corrected chi connectivity index (χ0v) is 15.8. The number of halogens is 2. The molecule has 0 amide bonds. The molecule has 0 nitrogen and oxygen atoms in total. The highest BCUT2D eigenvalue weighted by atomic mass is 79.9. The second-order valence-corrected chi connectivity index (χ2v) is 8.45. The molecule has 2 aromatic carbocycles. The monoisotopic (exact) mass is 424 g/mol. The number of alkyl halides is 1. The standard InChI is InChI=1S/C18H18Br2S/c19-12-13(9-14-5-1-3-7-17(14)20)10-16-11-15-6-2-4-8-18(15)21-16/h1-8,13,16H,9-12H2. The fraction of sp³-hybridized carbons (Fsp3) is 0.333. The van der Waals surface area contributed by atoms with Crippen molar-refractivity contribution in [1.29, 1.82) is 0 Å². The highest BCUT2D eigenvalue weighted by Crippen LogP contribution is 2.40. The molecule has 0 N–H and O–H groups in total. The summed E-state index contributed by atoms with van der Waals surface area (Å²) in [7, 11) is 0. The van der Waals surface area contributed by atoms with E-state index in [-0.39, 0.29) is 0 Å². The summed E-state index contributed by atoms with van der Waals surface area (Å²) in [5.74, 6) is 0.690. The molecular weight excluding hydrogens is 408 g/mol. The minimum atomic E-state index is 0.690. The first kappa shape index (κ1) is 15.6. The van der Waals surface area contributed by atoms with Crippen molar-refractivity contribution in [1.82, 2.24) is 0 Å². The molecule has 21 heavy (non-hydrogen) atoms. The van der Waals surface area contributed by atoms with Crippen molar-refractivity contribution in [2.45, 2.75) is 29.4 Å². The number of rotatable bonds is 5. The van der Waals surface area contributed by atoms with Gasteiger partial charge in [0.25, 0.3) is 0 Å². The fourth-order valence-corrected chi connectivity index (χ4v) is 5.32. The highest BCUT2D eigenvalue weighted by molar-refractivity contribution is 9.10. The van der Waals surface area contributed by atoms with Crippen molar-refractivity contribution in [3.63, 3.8) is 0 Å². The SMILES string of the molecule is BrCC(Cc1ccccc1Br)CC1Cc2ccccc2S1. The minimum Gasteiger partial charge on any atom is -0.122 e. The molecule has 2 unspecified atom stereocenters. The van der Waals surface area contributed by atoms with Crippen molar-refractivity contribution >= 4 is 43.6 Å². The van der Waals surface area contributed by atoms with Gasteiger partial charge >= 0.3 is 0 Å². The number of benzene rings is 2. The van der Waals surface area contributed by atoms with Gasteiger partial charge in [0.2, 0.25) is 0 Å². The lowest BCUT2D eigenvalue weighted by molar-refractivity contribution is 0.529. The maximum Gasteiger partial charge on any atom is 0.0207 e. The number of fused-ring (bicyclic) bond motifs is 1. The van der Waals surface area contributed by atoms with Crippen molar-refractivity contribution in [2.75, 3.05) is 5.33 Å². The van der Waals surface area contributed by atoms with Crippen LogP contribution in [0.3, 0.4) is 0 Å². The van der Waals surface area contributed by atoms with Crippen LogP contribution in [-0.2, 0) is 12.8 Å². The number of thioether (sulfide) groups is 1. The second-order valence-electron chi connectivity index (χ2n) is 5.60. The first-order valence-electron chi connectivity index (χ1n) is 7.30. The maximum atomic E-state index is 3.72. The van der Waals surface area contributed by atoms with Gasteiger partial charge in [0.05, 0.1) is 0 Å². The molecule has 3 heteroatoms. The van der Waals surface area contributed by atoms with Gasteiger partial charge in [0, 0.05) is 19.9 Å². The van der Waals surface area contributed by atoms with E-state index < -0.39 is 0 Å². The Balaban J connectivity index is 1.63. The van der Waals surface area contributed by atoms with Gasteiger partial charge in [-0.3, -0.25) is 0 Å². The van der Waals surface area contributed by atoms with Crippen LogP contribution in [0.1, 0.15) is 17.5 Å². The van der Waals surface area contributed by atoms with Gasteiger partial charge < -0.3 is 0 Å². The molecule has 0 aliphatic carbocycles. The van der Waals surface area contributed by atoms with Gasteiger partial charge in [-0.25, -0.2) is 0 Å². The third-order valence-electron chi connectivity index (χ3n) is 3.99. The summed E-state index contributed by atoms with van der Waals surface area (Å²) in [6.07, 6.45) is 3.63. The van der Waals surface area contributed by atoms with Gasteiger partial charge in [-0.2, -0.15) is 0 Å². The average Bonchev–Trinajstić information content (AvgIpc) is 2.91. The molecule has 1 heterocycles. The highest BCUT2D eigenvalue weighted by Gasteiger charge is 2.24. The molecule has 110 valence electrons. The molecule has 2 aromatic rings. The Bertz CT molecular complexity index is 587. The Labute approximate surface area is 148 Å². The summed E-state index contributed by atoms with van der Waals surface area (Å²) < 4.78 is 1.23. The van der Waals surface area contributed by atoms with E-state index in [0.29, 0.717) is 5.92 Å². The Hall–Kier alpha value is -0.250. The third-order valence-corrected chi connectivity index (χ3v) is 7.03. The Morgan fingerprint density at radius 1 is 1.10 bits per heavy atom. The molecule has 1 aliphatic rings. The Morgan fingerprint density at radius 3 is 2.62 bits per heavy atom. The second kappa shape index (κ2) is 7.34. The predicted molar refractivity (Wildman–Crippen MR) is 99.5 cm³/mol. The van der Waals surface area contributed by atoms with Crippen LogP contribution >= 0.6 is 43.6 Å². The van der Waals surface area contributed by atoms with Crippen molar-refractivity contribution < 1.29 is 0 Å². The summed E-state index contributed by atoms with van der Waals surface area (Å²) in [6, 6.07) is 17.4. The van der Waals surface area contributed by atoms with Crippen LogP contribution in [0.4, 0.5) is 0 Å². The molecule has 0 spiro atoms. The summed E-state index contributed by atoms with van der Waals surface area (Å²) in [4.78, 5) is 1.48. The first-order chi connectivity index (χ1) is 10.3. The number of hydrogen-bond acceptors (Lipinski definition) is 1. The number of hydrogen-bond donors (Lipinski definition) is 0. The minimum absolute atomic E-state index is 0.690. The topological polar surface area (TPSA) is 0 Å². The van der Waals surface area contributed by atoms with Crippen molar-refractivity contribution in [3.05, 3.63) is 64.1 Å². The van der Waals surface area contributed by atoms with Crippen LogP contribution in [0.15, 0.2) is 57.9 Å². The quantitative estimate of drug-likeness (QED) is 0.520. The van der Waals surface area contributed by atoms with Gasteiger partial charge in [-0.15, -0.1) is 11.8 Å². The van der Waals surface area contributed by atoms with Gasteiger partial charge in [0.15, 0.2) is 0 Å². The molecule has 0 aromatic heterocycles. The molecule has 2 atom stereocenters. The smallest absolute Gasteiger partial charge is 0.0207 e. The lowest BCUT2D eigenvalue weighted by Crippen LogP contribution is -2.14. The van der Waals surface area contributed by atoms with Crippen molar-refractivity contribution in [2.24, 2.45) is 5.92 Å². The summed E-state index contributed by atoms with van der Waals surface area (Å²) in [5.41, 5.74) is 2.95.